The lowest BCUT2D eigenvalue weighted by Gasteiger charge is -2.33. The van der Waals surface area contributed by atoms with Gasteiger partial charge in [0.15, 0.2) is 5.82 Å². The Morgan fingerprint density at radius 2 is 1.74 bits per heavy atom. The molecule has 0 atom stereocenters. The molecule has 5 rings (SSSR count). The molecule has 0 spiro atoms. The van der Waals surface area contributed by atoms with Gasteiger partial charge in [0.25, 0.3) is 5.91 Å². The number of rotatable bonds is 3. The molecule has 2 amide bonds. The summed E-state index contributed by atoms with van der Waals surface area (Å²) in [7, 11) is 0. The average molecular weight is 535 g/mol. The maximum atomic E-state index is 13.2. The van der Waals surface area contributed by atoms with E-state index in [2.05, 4.69) is 33.9 Å². The van der Waals surface area contributed by atoms with Crippen LogP contribution in [0.5, 0.6) is 0 Å². The molecule has 0 saturated carbocycles. The van der Waals surface area contributed by atoms with E-state index in [1.165, 1.54) is 10.4 Å². The first-order chi connectivity index (χ1) is 18.0. The summed E-state index contributed by atoms with van der Waals surface area (Å²) >= 11 is 1.73. The number of nitrogens with one attached hydrogen (secondary N) is 1. The molecule has 0 radical (unpaired) electrons. The number of alkyl carbamates (subject to hydrolysis) is 1. The van der Waals surface area contributed by atoms with Crippen LogP contribution in [0.1, 0.15) is 77.2 Å². The first-order valence-corrected chi connectivity index (χ1v) is 13.8. The molecule has 1 aromatic carbocycles. The normalized spacial score (nSPS) is 15.8. The number of piperidine rings is 1. The van der Waals surface area contributed by atoms with Crippen molar-refractivity contribution in [1.82, 2.24) is 25.0 Å². The third kappa shape index (κ3) is 5.09. The molecular weight excluding hydrogens is 500 g/mol. The van der Waals surface area contributed by atoms with Crippen molar-refractivity contribution in [3.05, 3.63) is 63.0 Å². The summed E-state index contributed by atoms with van der Waals surface area (Å²) in [6.07, 6.45) is 0.985. The number of aromatic nitrogens is 3. The van der Waals surface area contributed by atoms with Gasteiger partial charge in [0.05, 0.1) is 5.71 Å². The number of amides is 2. The minimum absolute atomic E-state index is 0.000144. The summed E-state index contributed by atoms with van der Waals surface area (Å²) in [6.45, 7) is 13.4. The largest absolute Gasteiger partial charge is 0.444 e. The predicted octanol–water partition coefficient (Wildman–Crippen LogP) is 4.73. The van der Waals surface area contributed by atoms with Crippen LogP contribution in [0.15, 0.2) is 29.3 Å². The quantitative estimate of drug-likeness (QED) is 0.523. The number of likely N-dealkylation sites (tertiary alicyclic amines) is 1. The van der Waals surface area contributed by atoms with Crippen molar-refractivity contribution >= 4 is 29.0 Å². The summed E-state index contributed by atoms with van der Waals surface area (Å²) < 4.78 is 7.46. The van der Waals surface area contributed by atoms with Crippen molar-refractivity contribution in [2.45, 2.75) is 72.6 Å². The van der Waals surface area contributed by atoms with Crippen LogP contribution < -0.4 is 5.32 Å². The highest BCUT2D eigenvalue weighted by Crippen LogP contribution is 2.36. The third-order valence-electron chi connectivity index (χ3n) is 6.99. The molecular formula is C28H34N6O3S. The number of thiophene rings is 1. The Morgan fingerprint density at radius 3 is 2.39 bits per heavy atom. The van der Waals surface area contributed by atoms with Gasteiger partial charge in [-0.2, -0.15) is 0 Å². The lowest BCUT2D eigenvalue weighted by atomic mass is 9.98. The number of aliphatic imine (C=N–C) groups is 1. The van der Waals surface area contributed by atoms with Gasteiger partial charge in [-0.15, -0.1) is 21.5 Å². The fourth-order valence-corrected chi connectivity index (χ4v) is 6.16. The zero-order valence-electron chi connectivity index (χ0n) is 22.8. The zero-order valence-corrected chi connectivity index (χ0v) is 23.6. The molecule has 1 N–H and O–H groups in total. The molecule has 2 aliphatic heterocycles. The Kier molecular flexibility index (Phi) is 6.85. The number of ether oxygens (including phenoxy) is 1. The molecule has 0 aliphatic carbocycles. The summed E-state index contributed by atoms with van der Waals surface area (Å²) in [5.41, 5.74) is 4.31. The molecule has 10 heteroatoms. The average Bonchev–Trinajstić information content (AvgIpc) is 3.31. The summed E-state index contributed by atoms with van der Waals surface area (Å²) in [5, 5.41) is 12.6. The number of aryl methyl sites for hydroxylation is 2. The van der Waals surface area contributed by atoms with Crippen molar-refractivity contribution in [2.75, 3.05) is 13.1 Å². The molecule has 0 bridgehead atoms. The Labute approximate surface area is 226 Å². The number of hydrogen-bond donors (Lipinski definition) is 1. The number of carbonyl (C=O) groups is 2. The minimum Gasteiger partial charge on any atom is -0.444 e. The second-order valence-corrected chi connectivity index (χ2v) is 12.1. The molecule has 3 aromatic rings. The van der Waals surface area contributed by atoms with E-state index in [0.29, 0.717) is 38.0 Å². The molecule has 38 heavy (non-hydrogen) atoms. The SMILES string of the molecule is Cc1sc2c(c1C)C(c1ccc(C(=O)N3CCC(NC(=O)OC(C)(C)C)CC3)cc1)=NCc1nnc(C)n1-2. The van der Waals surface area contributed by atoms with Crippen molar-refractivity contribution in [1.29, 1.82) is 0 Å². The topological polar surface area (TPSA) is 102 Å². The molecule has 0 unspecified atom stereocenters. The maximum absolute atomic E-state index is 13.2. The van der Waals surface area contributed by atoms with Gasteiger partial charge in [0.2, 0.25) is 0 Å². The van der Waals surface area contributed by atoms with Crippen LogP contribution in [0.2, 0.25) is 0 Å². The fraction of sp³-hybridized carbons (Fsp3) is 0.464. The van der Waals surface area contributed by atoms with E-state index in [-0.39, 0.29) is 11.9 Å². The molecule has 1 fully saturated rings. The van der Waals surface area contributed by atoms with Crippen LogP contribution in [0.3, 0.4) is 0 Å². The Balaban J connectivity index is 1.29. The summed E-state index contributed by atoms with van der Waals surface area (Å²) in [5.74, 6) is 1.68. The number of nitrogens with zero attached hydrogens (tertiary/aromatic N) is 5. The number of hydrogen-bond acceptors (Lipinski definition) is 7. The highest BCUT2D eigenvalue weighted by atomic mass is 32.1. The van der Waals surface area contributed by atoms with Gasteiger partial charge < -0.3 is 15.0 Å². The Hall–Kier alpha value is -3.53. The fourth-order valence-electron chi connectivity index (χ4n) is 4.94. The Bertz CT molecular complexity index is 1410. The zero-order chi connectivity index (χ0) is 27.2. The van der Waals surface area contributed by atoms with Crippen LogP contribution in [0.25, 0.3) is 5.00 Å². The summed E-state index contributed by atoms with van der Waals surface area (Å²) in [6, 6.07) is 7.74. The van der Waals surface area contributed by atoms with Gasteiger partial charge in [0, 0.05) is 40.7 Å². The van der Waals surface area contributed by atoms with Gasteiger partial charge in [0.1, 0.15) is 23.0 Å². The third-order valence-corrected chi connectivity index (χ3v) is 8.18. The van der Waals surface area contributed by atoms with E-state index in [4.69, 9.17) is 9.73 Å². The smallest absolute Gasteiger partial charge is 0.407 e. The minimum atomic E-state index is -0.532. The lowest BCUT2D eigenvalue weighted by molar-refractivity contribution is 0.0473. The van der Waals surface area contributed by atoms with Crippen molar-refractivity contribution in [3.63, 3.8) is 0 Å². The van der Waals surface area contributed by atoms with E-state index in [9.17, 15) is 9.59 Å². The number of fused-ring (bicyclic) bond motifs is 3. The first-order valence-electron chi connectivity index (χ1n) is 13.0. The van der Waals surface area contributed by atoms with Crippen LogP contribution in [-0.2, 0) is 11.3 Å². The van der Waals surface area contributed by atoms with E-state index >= 15 is 0 Å². The van der Waals surface area contributed by atoms with Crippen molar-refractivity contribution in [3.8, 4) is 5.00 Å². The van der Waals surface area contributed by atoms with Crippen LogP contribution in [0.4, 0.5) is 4.79 Å². The van der Waals surface area contributed by atoms with Gasteiger partial charge in [-0.3, -0.25) is 14.4 Å². The van der Waals surface area contributed by atoms with Gasteiger partial charge in [-0.05, 0) is 72.1 Å². The molecule has 4 heterocycles. The monoisotopic (exact) mass is 534 g/mol. The summed E-state index contributed by atoms with van der Waals surface area (Å²) in [4.78, 5) is 33.3. The van der Waals surface area contributed by atoms with Gasteiger partial charge in [-0.25, -0.2) is 4.79 Å². The van der Waals surface area contributed by atoms with E-state index < -0.39 is 11.7 Å². The van der Waals surface area contributed by atoms with E-state index in [1.54, 1.807) is 11.3 Å². The van der Waals surface area contributed by atoms with Crippen molar-refractivity contribution in [2.24, 2.45) is 4.99 Å². The first kappa shape index (κ1) is 26.1. The Morgan fingerprint density at radius 1 is 1.05 bits per heavy atom. The molecule has 2 aromatic heterocycles. The van der Waals surface area contributed by atoms with Gasteiger partial charge >= 0.3 is 6.09 Å². The van der Waals surface area contributed by atoms with Crippen LogP contribution >= 0.6 is 11.3 Å². The number of carbonyl (C=O) groups excluding carboxylic acids is 2. The van der Waals surface area contributed by atoms with Gasteiger partial charge in [-0.1, -0.05) is 12.1 Å². The van der Waals surface area contributed by atoms with E-state index in [1.807, 2.05) is 56.9 Å². The van der Waals surface area contributed by atoms with Crippen LogP contribution in [-0.4, -0.2) is 62.1 Å². The second-order valence-electron chi connectivity index (χ2n) is 10.9. The predicted molar refractivity (Wildman–Crippen MR) is 148 cm³/mol. The lowest BCUT2D eigenvalue weighted by Crippen LogP contribution is -2.47. The highest BCUT2D eigenvalue weighted by Gasteiger charge is 2.28. The maximum Gasteiger partial charge on any atom is 0.407 e. The molecule has 2 aliphatic rings. The molecule has 200 valence electrons. The standard InChI is InChI=1S/C28H34N6O3S/c1-16-17(2)38-26-23(16)24(29-15-22-32-31-18(3)34(22)26)19-7-9-20(10-8-19)25(35)33-13-11-21(12-14-33)30-27(36)37-28(4,5)6/h7-10,21H,11-15H2,1-6H3,(H,30,36). The van der Waals surface area contributed by atoms with Crippen molar-refractivity contribution < 1.29 is 14.3 Å². The molecule has 9 nitrogen and oxygen atoms in total. The van der Waals surface area contributed by atoms with E-state index in [0.717, 1.165) is 33.5 Å². The molecule has 1 saturated heterocycles. The second kappa shape index (κ2) is 9.98. The van der Waals surface area contributed by atoms with Crippen LogP contribution in [0, 0.1) is 20.8 Å². The number of benzene rings is 1. The highest BCUT2D eigenvalue weighted by molar-refractivity contribution is 7.15.